The molecule has 3 rings (SSSR count). The number of carbonyl (C=O) groups excluding carboxylic acids is 1. The summed E-state index contributed by atoms with van der Waals surface area (Å²) in [4.78, 5) is 14.3. The molecule has 1 fully saturated rings. The summed E-state index contributed by atoms with van der Waals surface area (Å²) in [5, 5.41) is 14.3. The van der Waals surface area contributed by atoms with Gasteiger partial charge in [-0.15, -0.1) is 0 Å². The first-order valence-corrected chi connectivity index (χ1v) is 8.71. The van der Waals surface area contributed by atoms with Crippen LogP contribution in [0, 0.1) is 18.3 Å². The number of aryl methyl sites for hydroxylation is 1. The predicted octanol–water partition coefficient (Wildman–Crippen LogP) is 3.75. The van der Waals surface area contributed by atoms with Crippen molar-refractivity contribution in [3.8, 4) is 11.8 Å². The van der Waals surface area contributed by atoms with Gasteiger partial charge in [0.15, 0.2) is 0 Å². The fourth-order valence-electron chi connectivity index (χ4n) is 2.97. The second-order valence-corrected chi connectivity index (χ2v) is 6.42. The first kappa shape index (κ1) is 17.2. The van der Waals surface area contributed by atoms with Gasteiger partial charge in [0, 0.05) is 18.7 Å². The summed E-state index contributed by atoms with van der Waals surface area (Å²) in [5.74, 6) is -0.231. The van der Waals surface area contributed by atoms with Crippen LogP contribution in [0.1, 0.15) is 30.5 Å². The summed E-state index contributed by atoms with van der Waals surface area (Å²) in [7, 11) is 0. The Labute approximate surface area is 152 Å². The summed E-state index contributed by atoms with van der Waals surface area (Å²) in [5.41, 5.74) is 2.20. The zero-order chi connectivity index (χ0) is 17.8. The van der Waals surface area contributed by atoms with Gasteiger partial charge in [0.2, 0.25) is 0 Å². The number of nitriles is 1. The van der Waals surface area contributed by atoms with E-state index in [0.717, 1.165) is 24.9 Å². The molecule has 1 aliphatic rings. The van der Waals surface area contributed by atoms with E-state index in [1.165, 1.54) is 0 Å². The first-order valence-electron chi connectivity index (χ1n) is 8.33. The molecule has 1 aromatic carbocycles. The maximum atomic E-state index is 12.6. The number of benzene rings is 1. The SMILES string of the molecule is Cc1nn(-c2ccccc2)c(Cl)c1/C=C(\C#N)C(=O)N1CCCCC1. The van der Waals surface area contributed by atoms with Gasteiger partial charge in [0.1, 0.15) is 16.8 Å². The van der Waals surface area contributed by atoms with E-state index in [1.807, 2.05) is 43.3 Å². The number of piperidine rings is 1. The number of aromatic nitrogens is 2. The van der Waals surface area contributed by atoms with Crippen molar-refractivity contribution in [3.05, 3.63) is 52.3 Å². The lowest BCUT2D eigenvalue weighted by Crippen LogP contribution is -2.36. The normalized spacial score (nSPS) is 15.1. The lowest BCUT2D eigenvalue weighted by molar-refractivity contribution is -0.127. The Morgan fingerprint density at radius 1 is 1.24 bits per heavy atom. The van der Waals surface area contributed by atoms with Gasteiger partial charge in [-0.05, 0) is 44.4 Å². The highest BCUT2D eigenvalue weighted by Gasteiger charge is 2.22. The van der Waals surface area contributed by atoms with Crippen molar-refractivity contribution in [3.63, 3.8) is 0 Å². The Balaban J connectivity index is 1.95. The molecular formula is C19H19ClN4O. The molecule has 25 heavy (non-hydrogen) atoms. The maximum Gasteiger partial charge on any atom is 0.264 e. The van der Waals surface area contributed by atoms with Gasteiger partial charge < -0.3 is 4.90 Å². The third kappa shape index (κ3) is 3.59. The number of para-hydroxylation sites is 1. The Bertz CT molecular complexity index is 842. The largest absolute Gasteiger partial charge is 0.338 e. The van der Waals surface area contributed by atoms with E-state index < -0.39 is 0 Å². The number of halogens is 1. The van der Waals surface area contributed by atoms with Crippen molar-refractivity contribution in [2.24, 2.45) is 0 Å². The number of amides is 1. The van der Waals surface area contributed by atoms with E-state index in [9.17, 15) is 10.1 Å². The van der Waals surface area contributed by atoms with E-state index in [4.69, 9.17) is 11.6 Å². The minimum absolute atomic E-state index is 0.0968. The zero-order valence-corrected chi connectivity index (χ0v) is 14.8. The minimum atomic E-state index is -0.231. The highest BCUT2D eigenvalue weighted by atomic mass is 35.5. The van der Waals surface area contributed by atoms with E-state index >= 15 is 0 Å². The Morgan fingerprint density at radius 3 is 2.56 bits per heavy atom. The Kier molecular flexibility index (Phi) is 5.20. The predicted molar refractivity (Wildman–Crippen MR) is 97.3 cm³/mol. The van der Waals surface area contributed by atoms with Crippen LogP contribution in [-0.4, -0.2) is 33.7 Å². The quantitative estimate of drug-likeness (QED) is 0.623. The van der Waals surface area contributed by atoms with Gasteiger partial charge in [-0.2, -0.15) is 10.4 Å². The molecule has 0 bridgehead atoms. The van der Waals surface area contributed by atoms with Crippen LogP contribution in [0.3, 0.4) is 0 Å². The van der Waals surface area contributed by atoms with E-state index in [0.29, 0.717) is 29.5 Å². The molecule has 1 amide bonds. The molecule has 0 N–H and O–H groups in total. The third-order valence-electron chi connectivity index (χ3n) is 4.33. The summed E-state index contributed by atoms with van der Waals surface area (Å²) in [6, 6.07) is 11.5. The molecule has 128 valence electrons. The molecule has 1 aromatic heterocycles. The highest BCUT2D eigenvalue weighted by Crippen LogP contribution is 2.26. The molecule has 1 saturated heterocycles. The van der Waals surface area contributed by atoms with Crippen LogP contribution in [-0.2, 0) is 4.79 Å². The molecule has 0 unspecified atom stereocenters. The summed E-state index contributed by atoms with van der Waals surface area (Å²) in [6.07, 6.45) is 4.65. The summed E-state index contributed by atoms with van der Waals surface area (Å²) in [6.45, 7) is 3.22. The smallest absolute Gasteiger partial charge is 0.264 e. The van der Waals surface area contributed by atoms with Crippen LogP contribution in [0.25, 0.3) is 11.8 Å². The standard InChI is InChI=1S/C19H19ClN4O/c1-14-17(18(20)24(22-14)16-8-4-2-5-9-16)12-15(13-21)19(25)23-10-6-3-7-11-23/h2,4-5,8-9,12H,3,6-7,10-11H2,1H3/b15-12+. The molecule has 0 saturated carbocycles. The van der Waals surface area contributed by atoms with Crippen molar-refractivity contribution in [2.75, 3.05) is 13.1 Å². The van der Waals surface area contributed by atoms with Gasteiger partial charge in [-0.1, -0.05) is 29.8 Å². The number of hydrogen-bond acceptors (Lipinski definition) is 3. The molecular weight excluding hydrogens is 336 g/mol. The lowest BCUT2D eigenvalue weighted by Gasteiger charge is -2.26. The summed E-state index contributed by atoms with van der Waals surface area (Å²) < 4.78 is 1.61. The van der Waals surface area contributed by atoms with E-state index in [-0.39, 0.29) is 11.5 Å². The highest BCUT2D eigenvalue weighted by molar-refractivity contribution is 6.31. The minimum Gasteiger partial charge on any atom is -0.338 e. The molecule has 0 aliphatic carbocycles. The molecule has 0 atom stereocenters. The van der Waals surface area contributed by atoms with Crippen LogP contribution >= 0.6 is 11.6 Å². The van der Waals surface area contributed by atoms with Gasteiger partial charge in [0.05, 0.1) is 11.4 Å². The number of carbonyl (C=O) groups is 1. The molecule has 0 spiro atoms. The average Bonchev–Trinajstić information content (AvgIpc) is 2.94. The first-order chi connectivity index (χ1) is 12.1. The van der Waals surface area contributed by atoms with Gasteiger partial charge in [-0.25, -0.2) is 4.68 Å². The number of nitrogens with zero attached hydrogens (tertiary/aromatic N) is 4. The lowest BCUT2D eigenvalue weighted by atomic mass is 10.1. The van der Waals surface area contributed by atoms with Crippen molar-refractivity contribution < 1.29 is 4.79 Å². The molecule has 2 aromatic rings. The average molecular weight is 355 g/mol. The third-order valence-corrected chi connectivity index (χ3v) is 4.70. The van der Waals surface area contributed by atoms with Crippen LogP contribution < -0.4 is 0 Å². The monoisotopic (exact) mass is 354 g/mol. The van der Waals surface area contributed by atoms with Crippen molar-refractivity contribution in [2.45, 2.75) is 26.2 Å². The van der Waals surface area contributed by atoms with Crippen molar-refractivity contribution in [1.82, 2.24) is 14.7 Å². The molecule has 0 radical (unpaired) electrons. The Hall–Kier alpha value is -2.58. The van der Waals surface area contributed by atoms with Crippen molar-refractivity contribution >= 4 is 23.6 Å². The molecule has 2 heterocycles. The fraction of sp³-hybridized carbons (Fsp3) is 0.316. The zero-order valence-electron chi connectivity index (χ0n) is 14.1. The number of likely N-dealkylation sites (tertiary alicyclic amines) is 1. The van der Waals surface area contributed by atoms with Crippen LogP contribution in [0.5, 0.6) is 0 Å². The van der Waals surface area contributed by atoms with E-state index in [2.05, 4.69) is 5.10 Å². The van der Waals surface area contributed by atoms with Crippen LogP contribution in [0.2, 0.25) is 5.15 Å². The van der Waals surface area contributed by atoms with Crippen molar-refractivity contribution in [1.29, 1.82) is 5.26 Å². The fourth-order valence-corrected chi connectivity index (χ4v) is 3.30. The van der Waals surface area contributed by atoms with E-state index in [1.54, 1.807) is 15.7 Å². The number of rotatable bonds is 3. The maximum absolute atomic E-state index is 12.6. The molecule has 6 heteroatoms. The van der Waals surface area contributed by atoms with Gasteiger partial charge >= 0.3 is 0 Å². The second kappa shape index (κ2) is 7.54. The van der Waals surface area contributed by atoms with Gasteiger partial charge in [-0.3, -0.25) is 4.79 Å². The topological polar surface area (TPSA) is 61.9 Å². The molecule has 5 nitrogen and oxygen atoms in total. The Morgan fingerprint density at radius 2 is 1.92 bits per heavy atom. The van der Waals surface area contributed by atoms with Gasteiger partial charge in [0.25, 0.3) is 5.91 Å². The molecule has 1 aliphatic heterocycles. The number of hydrogen-bond donors (Lipinski definition) is 0. The van der Waals surface area contributed by atoms with Crippen LogP contribution in [0.15, 0.2) is 35.9 Å². The second-order valence-electron chi connectivity index (χ2n) is 6.06. The summed E-state index contributed by atoms with van der Waals surface area (Å²) >= 11 is 6.48. The van der Waals surface area contributed by atoms with Crippen LogP contribution in [0.4, 0.5) is 0 Å².